The Morgan fingerprint density at radius 3 is 2.17 bits per heavy atom. The smallest absolute Gasteiger partial charge is 0.346 e. The van der Waals surface area contributed by atoms with E-state index in [0.29, 0.717) is 22.3 Å². The Hall–Kier alpha value is -3.43. The van der Waals surface area contributed by atoms with Crippen molar-refractivity contribution in [1.29, 1.82) is 0 Å². The topological polar surface area (TPSA) is 89.9 Å². The zero-order valence-electron chi connectivity index (χ0n) is 12.0. The van der Waals surface area contributed by atoms with Crippen LogP contribution in [0.5, 0.6) is 0 Å². The van der Waals surface area contributed by atoms with Crippen LogP contribution in [0.3, 0.4) is 0 Å². The van der Waals surface area contributed by atoms with Gasteiger partial charge in [0.2, 0.25) is 6.29 Å². The number of aliphatic hydroxyl groups is 1. The number of benzene rings is 2. The van der Waals surface area contributed by atoms with Gasteiger partial charge in [-0.1, -0.05) is 11.8 Å². The molecule has 116 valence electrons. The summed E-state index contributed by atoms with van der Waals surface area (Å²) in [5.74, 6) is 3.83. The zero-order valence-corrected chi connectivity index (χ0v) is 12.0. The van der Waals surface area contributed by atoms with Gasteiger partial charge in [-0.3, -0.25) is 0 Å². The molecule has 0 aromatic heterocycles. The van der Waals surface area contributed by atoms with Gasteiger partial charge < -0.3 is 14.6 Å². The standard InChI is InChI=1S/C18H8O6/c19-15-11-5-3-9(7-13(11)17(21)23-15)1-2-10-4-6-12-14(8-10)18(22)24-16(12)20/h3-8,17,21H. The Morgan fingerprint density at radius 2 is 1.42 bits per heavy atom. The van der Waals surface area contributed by atoms with Gasteiger partial charge in [-0.05, 0) is 36.4 Å². The van der Waals surface area contributed by atoms with Gasteiger partial charge in [-0.15, -0.1) is 0 Å². The van der Waals surface area contributed by atoms with E-state index in [4.69, 9.17) is 4.74 Å². The number of carbonyl (C=O) groups is 3. The summed E-state index contributed by atoms with van der Waals surface area (Å²) in [5, 5.41) is 9.65. The van der Waals surface area contributed by atoms with Gasteiger partial charge in [0, 0.05) is 16.7 Å². The van der Waals surface area contributed by atoms with E-state index in [0.717, 1.165) is 0 Å². The molecule has 0 saturated heterocycles. The second-order valence-electron chi connectivity index (χ2n) is 5.25. The summed E-state index contributed by atoms with van der Waals surface area (Å²) < 4.78 is 9.23. The summed E-state index contributed by atoms with van der Waals surface area (Å²) in [6.45, 7) is 0. The number of rotatable bonds is 0. The third kappa shape index (κ3) is 2.16. The third-order valence-electron chi connectivity index (χ3n) is 3.75. The number of fused-ring (bicyclic) bond motifs is 2. The molecule has 6 nitrogen and oxygen atoms in total. The minimum absolute atomic E-state index is 0.190. The van der Waals surface area contributed by atoms with Gasteiger partial charge in [-0.25, -0.2) is 14.4 Å². The Morgan fingerprint density at radius 1 is 0.792 bits per heavy atom. The van der Waals surface area contributed by atoms with Crippen LogP contribution in [-0.4, -0.2) is 23.0 Å². The first kappa shape index (κ1) is 14.2. The van der Waals surface area contributed by atoms with E-state index in [2.05, 4.69) is 16.6 Å². The van der Waals surface area contributed by atoms with Gasteiger partial charge in [0.05, 0.1) is 16.7 Å². The van der Waals surface area contributed by atoms with Crippen molar-refractivity contribution in [2.45, 2.75) is 6.29 Å². The van der Waals surface area contributed by atoms with Gasteiger partial charge >= 0.3 is 17.9 Å². The van der Waals surface area contributed by atoms with Crippen molar-refractivity contribution in [3.05, 3.63) is 69.8 Å². The second-order valence-corrected chi connectivity index (χ2v) is 5.25. The van der Waals surface area contributed by atoms with Crippen molar-refractivity contribution >= 4 is 17.9 Å². The van der Waals surface area contributed by atoms with Gasteiger partial charge in [0.1, 0.15) is 0 Å². The average molecular weight is 320 g/mol. The molecule has 1 atom stereocenters. The molecule has 0 bridgehead atoms. The fraction of sp³-hybridized carbons (Fsp3) is 0.0556. The van der Waals surface area contributed by atoms with Crippen molar-refractivity contribution in [3.63, 3.8) is 0 Å². The molecule has 4 rings (SSSR count). The normalized spacial score (nSPS) is 17.5. The molecule has 0 saturated carbocycles. The highest BCUT2D eigenvalue weighted by Crippen LogP contribution is 2.29. The molecule has 0 spiro atoms. The van der Waals surface area contributed by atoms with E-state index in [-0.39, 0.29) is 11.1 Å². The number of esters is 3. The van der Waals surface area contributed by atoms with E-state index in [1.54, 1.807) is 18.2 Å². The van der Waals surface area contributed by atoms with Crippen LogP contribution < -0.4 is 0 Å². The molecule has 6 heteroatoms. The summed E-state index contributed by atoms with van der Waals surface area (Å²) in [6, 6.07) is 9.34. The van der Waals surface area contributed by atoms with Crippen molar-refractivity contribution in [3.8, 4) is 11.8 Å². The highest BCUT2D eigenvalue weighted by atomic mass is 16.6. The van der Waals surface area contributed by atoms with Gasteiger partial charge in [0.15, 0.2) is 0 Å². The Labute approximate surface area is 135 Å². The predicted molar refractivity (Wildman–Crippen MR) is 79.0 cm³/mol. The predicted octanol–water partition coefficient (Wildman–Crippen LogP) is 1.56. The van der Waals surface area contributed by atoms with Crippen LogP contribution in [0.15, 0.2) is 36.4 Å². The molecule has 2 aromatic carbocycles. The molecular formula is C18H8O6. The van der Waals surface area contributed by atoms with Gasteiger partial charge in [0.25, 0.3) is 0 Å². The number of carbonyl (C=O) groups excluding carboxylic acids is 3. The van der Waals surface area contributed by atoms with Crippen LogP contribution in [0.1, 0.15) is 54.1 Å². The van der Waals surface area contributed by atoms with Crippen LogP contribution in [-0.2, 0) is 9.47 Å². The Balaban J connectivity index is 1.68. The van der Waals surface area contributed by atoms with Crippen LogP contribution in [0.25, 0.3) is 0 Å². The summed E-state index contributed by atoms with van der Waals surface area (Å²) in [6.07, 6.45) is -1.28. The second kappa shape index (κ2) is 5.05. The van der Waals surface area contributed by atoms with E-state index in [9.17, 15) is 19.5 Å². The van der Waals surface area contributed by atoms with Crippen LogP contribution >= 0.6 is 0 Å². The minimum atomic E-state index is -1.28. The van der Waals surface area contributed by atoms with Crippen molar-refractivity contribution in [2.75, 3.05) is 0 Å². The number of hydrogen-bond acceptors (Lipinski definition) is 6. The summed E-state index contributed by atoms with van der Waals surface area (Å²) in [5.41, 5.74) is 2.21. The lowest BCUT2D eigenvalue weighted by Crippen LogP contribution is -1.96. The van der Waals surface area contributed by atoms with E-state index in [1.165, 1.54) is 18.2 Å². The molecule has 0 amide bonds. The van der Waals surface area contributed by atoms with Gasteiger partial charge in [-0.2, -0.15) is 0 Å². The molecule has 2 aliphatic heterocycles. The lowest BCUT2D eigenvalue weighted by atomic mass is 10.0. The maximum atomic E-state index is 11.5. The molecule has 2 heterocycles. The molecule has 24 heavy (non-hydrogen) atoms. The number of cyclic esters (lactones) is 3. The molecule has 0 aliphatic carbocycles. The Bertz CT molecular complexity index is 992. The summed E-state index contributed by atoms with van der Waals surface area (Å²) >= 11 is 0. The lowest BCUT2D eigenvalue weighted by Gasteiger charge is -2.00. The quantitative estimate of drug-likeness (QED) is 0.450. The Kier molecular flexibility index (Phi) is 2.98. The number of aliphatic hydroxyl groups excluding tert-OH is 1. The highest BCUT2D eigenvalue weighted by Gasteiger charge is 2.30. The number of ether oxygens (including phenoxy) is 2. The molecule has 2 aliphatic rings. The van der Waals surface area contributed by atoms with Crippen LogP contribution in [0.2, 0.25) is 0 Å². The number of hydrogen-bond donors (Lipinski definition) is 1. The molecular weight excluding hydrogens is 312 g/mol. The largest absolute Gasteiger partial charge is 0.428 e. The van der Waals surface area contributed by atoms with Crippen molar-refractivity contribution < 1.29 is 29.0 Å². The van der Waals surface area contributed by atoms with Crippen molar-refractivity contribution in [1.82, 2.24) is 0 Å². The average Bonchev–Trinajstić information content (AvgIpc) is 3.02. The first-order valence-electron chi connectivity index (χ1n) is 6.98. The summed E-state index contributed by atoms with van der Waals surface area (Å²) in [4.78, 5) is 34.4. The fourth-order valence-electron chi connectivity index (χ4n) is 2.57. The van der Waals surface area contributed by atoms with Crippen LogP contribution in [0.4, 0.5) is 0 Å². The van der Waals surface area contributed by atoms with E-state index in [1.807, 2.05) is 0 Å². The van der Waals surface area contributed by atoms with Crippen LogP contribution in [0, 0.1) is 11.8 Å². The first-order chi connectivity index (χ1) is 11.5. The molecule has 0 fully saturated rings. The molecule has 2 aromatic rings. The third-order valence-corrected chi connectivity index (χ3v) is 3.75. The summed E-state index contributed by atoms with van der Waals surface area (Å²) in [7, 11) is 0. The molecule has 1 unspecified atom stereocenters. The SMILES string of the molecule is O=C1OC(=O)c2cc(C#Cc3ccc4c(c3)C(O)OC4=O)ccc21. The van der Waals surface area contributed by atoms with Crippen molar-refractivity contribution in [2.24, 2.45) is 0 Å². The van der Waals surface area contributed by atoms with E-state index < -0.39 is 24.2 Å². The molecule has 1 N–H and O–H groups in total. The zero-order chi connectivity index (χ0) is 16.8. The highest BCUT2D eigenvalue weighted by molar-refractivity contribution is 6.14. The fourth-order valence-corrected chi connectivity index (χ4v) is 2.57. The van der Waals surface area contributed by atoms with E-state index >= 15 is 0 Å². The maximum absolute atomic E-state index is 11.5. The monoisotopic (exact) mass is 320 g/mol. The minimum Gasteiger partial charge on any atom is -0.428 e. The maximum Gasteiger partial charge on any atom is 0.346 e. The molecule has 0 radical (unpaired) electrons. The first-order valence-corrected chi connectivity index (χ1v) is 6.98. The lowest BCUT2D eigenvalue weighted by molar-refractivity contribution is -0.0548.